The van der Waals surface area contributed by atoms with Crippen LogP contribution in [0.25, 0.3) is 0 Å². The molecular formula is C7H6BrO2S-. The second kappa shape index (κ2) is 3.78. The lowest BCUT2D eigenvalue weighted by atomic mass is 10.3. The maximum atomic E-state index is 10.5. The zero-order valence-corrected chi connectivity index (χ0v) is 8.02. The molecule has 2 nitrogen and oxygen atoms in total. The molecule has 0 unspecified atom stereocenters. The minimum atomic E-state index is -1.49. The Bertz CT molecular complexity index is 295. The Kier molecular flexibility index (Phi) is 2.96. The Hall–Kier alpha value is -0.480. The molecule has 0 radical (unpaired) electrons. The van der Waals surface area contributed by atoms with Gasteiger partial charge in [0.1, 0.15) is 0 Å². The summed E-state index contributed by atoms with van der Waals surface area (Å²) in [4.78, 5) is 0. The van der Waals surface area contributed by atoms with Crippen LogP contribution >= 0.6 is 15.9 Å². The summed E-state index contributed by atoms with van der Waals surface area (Å²) >= 11 is 3.26. The quantitative estimate of drug-likeness (QED) is 0.578. The molecule has 1 aromatic rings. The third kappa shape index (κ3) is 2.95. The molecule has 0 N–H and O–H groups in total. The number of hydrogen-bond acceptors (Lipinski definition) is 3. The zero-order valence-electron chi connectivity index (χ0n) is 5.62. The topological polar surface area (TPSA) is 26.3 Å². The van der Waals surface area contributed by atoms with Gasteiger partial charge in [-0.05, 0) is 24.3 Å². The summed E-state index contributed by atoms with van der Waals surface area (Å²) in [6, 6.07) is 7.05. The van der Waals surface area contributed by atoms with Crippen LogP contribution in [0.5, 0.6) is 5.75 Å². The van der Waals surface area contributed by atoms with Crippen molar-refractivity contribution in [2.24, 2.45) is 0 Å². The molecule has 0 aromatic heterocycles. The summed E-state index contributed by atoms with van der Waals surface area (Å²) in [6.45, 7) is 0. The SMILES string of the molecule is C=[S-](=O)Oc1ccc(Br)cc1. The van der Waals surface area contributed by atoms with E-state index in [4.69, 9.17) is 4.18 Å². The van der Waals surface area contributed by atoms with Crippen LogP contribution in [0.4, 0.5) is 0 Å². The lowest BCUT2D eigenvalue weighted by molar-refractivity contribution is 0.535. The normalized spacial score (nSPS) is 10.0. The molecule has 0 heterocycles. The molecule has 0 spiro atoms. The molecule has 0 fully saturated rings. The maximum absolute atomic E-state index is 10.5. The molecule has 0 atom stereocenters. The van der Waals surface area contributed by atoms with Crippen LogP contribution < -0.4 is 4.18 Å². The summed E-state index contributed by atoms with van der Waals surface area (Å²) in [7, 11) is -1.49. The lowest BCUT2D eigenvalue weighted by Gasteiger charge is -2.07. The summed E-state index contributed by atoms with van der Waals surface area (Å²) in [5, 5.41) is 0. The van der Waals surface area contributed by atoms with Crippen molar-refractivity contribution in [3.8, 4) is 5.75 Å². The highest BCUT2D eigenvalue weighted by Crippen LogP contribution is 2.15. The van der Waals surface area contributed by atoms with Crippen molar-refractivity contribution in [3.63, 3.8) is 0 Å². The van der Waals surface area contributed by atoms with E-state index in [2.05, 4.69) is 21.8 Å². The standard InChI is InChI=1S/C7H6BrO2S/c1-11(9)10-7-4-2-6(8)3-5-7/h2-5H,1H2/q-1. The van der Waals surface area contributed by atoms with Crippen molar-refractivity contribution < 1.29 is 8.39 Å². The monoisotopic (exact) mass is 233 g/mol. The second-order valence-electron chi connectivity index (χ2n) is 1.84. The van der Waals surface area contributed by atoms with E-state index in [1.807, 2.05) is 12.1 Å². The Morgan fingerprint density at radius 1 is 1.36 bits per heavy atom. The largest absolute Gasteiger partial charge is 0.561 e. The van der Waals surface area contributed by atoms with E-state index in [1.54, 1.807) is 12.1 Å². The fourth-order valence-electron chi connectivity index (χ4n) is 0.597. The molecule has 0 saturated heterocycles. The Morgan fingerprint density at radius 2 is 1.91 bits per heavy atom. The molecule has 1 aromatic carbocycles. The smallest absolute Gasteiger partial charge is 0.0993 e. The molecular weight excluding hydrogens is 228 g/mol. The molecule has 0 aliphatic carbocycles. The maximum Gasteiger partial charge on any atom is 0.0993 e. The van der Waals surface area contributed by atoms with Gasteiger partial charge in [-0.2, -0.15) is 5.87 Å². The molecule has 0 aliphatic rings. The summed E-state index contributed by atoms with van der Waals surface area (Å²) in [5.41, 5.74) is 0. The van der Waals surface area contributed by atoms with E-state index < -0.39 is 10.7 Å². The van der Waals surface area contributed by atoms with E-state index in [9.17, 15) is 4.21 Å². The fraction of sp³-hybridized carbons (Fsp3) is 0. The third-order valence-corrected chi connectivity index (χ3v) is 1.91. The van der Waals surface area contributed by atoms with E-state index >= 15 is 0 Å². The number of benzene rings is 1. The first-order valence-corrected chi connectivity index (χ1v) is 4.87. The van der Waals surface area contributed by atoms with Gasteiger partial charge in [0.15, 0.2) is 0 Å². The van der Waals surface area contributed by atoms with Crippen molar-refractivity contribution in [2.75, 3.05) is 0 Å². The van der Waals surface area contributed by atoms with Gasteiger partial charge in [0, 0.05) is 4.47 Å². The van der Waals surface area contributed by atoms with Crippen molar-refractivity contribution >= 4 is 32.5 Å². The molecule has 0 bridgehead atoms. The highest BCUT2D eigenvalue weighted by atomic mass is 79.9. The van der Waals surface area contributed by atoms with Gasteiger partial charge in [-0.15, -0.1) is 10.7 Å². The Labute approximate surface area is 75.6 Å². The van der Waals surface area contributed by atoms with Gasteiger partial charge < -0.3 is 8.39 Å². The second-order valence-corrected chi connectivity index (χ2v) is 3.53. The molecule has 1 rings (SSSR count). The average Bonchev–Trinajstić information content (AvgIpc) is 1.93. The Balaban J connectivity index is 2.82. The summed E-state index contributed by atoms with van der Waals surface area (Å²) in [5.74, 6) is 3.75. The van der Waals surface area contributed by atoms with Gasteiger partial charge >= 0.3 is 0 Å². The first-order valence-electron chi connectivity index (χ1n) is 2.84. The highest BCUT2D eigenvalue weighted by Gasteiger charge is 1.86. The third-order valence-electron chi connectivity index (χ3n) is 1.00. The van der Waals surface area contributed by atoms with Gasteiger partial charge in [-0.3, -0.25) is 0 Å². The zero-order chi connectivity index (χ0) is 8.27. The van der Waals surface area contributed by atoms with Crippen LogP contribution in [0.3, 0.4) is 0 Å². The molecule has 0 amide bonds. The lowest BCUT2D eigenvalue weighted by Crippen LogP contribution is -1.87. The summed E-state index contributed by atoms with van der Waals surface area (Å²) in [6.07, 6.45) is 0. The van der Waals surface area contributed by atoms with Gasteiger partial charge in [-0.25, -0.2) is 0 Å². The van der Waals surface area contributed by atoms with Crippen molar-refractivity contribution in [1.29, 1.82) is 0 Å². The first kappa shape index (κ1) is 8.62. The van der Waals surface area contributed by atoms with Crippen LogP contribution in [0, 0.1) is 0 Å². The first-order chi connectivity index (χ1) is 5.18. The fourth-order valence-corrected chi connectivity index (χ4v) is 1.19. The summed E-state index contributed by atoms with van der Waals surface area (Å²) < 4.78 is 16.2. The van der Waals surface area contributed by atoms with Gasteiger partial charge in [0.2, 0.25) is 0 Å². The van der Waals surface area contributed by atoms with E-state index in [-0.39, 0.29) is 0 Å². The number of hydrogen-bond donors (Lipinski definition) is 0. The van der Waals surface area contributed by atoms with Crippen LogP contribution in [-0.2, 0) is 14.9 Å². The molecule has 4 heteroatoms. The predicted molar refractivity (Wildman–Crippen MR) is 49.9 cm³/mol. The molecule has 0 saturated carbocycles. The van der Waals surface area contributed by atoms with Crippen LogP contribution in [0.15, 0.2) is 28.7 Å². The van der Waals surface area contributed by atoms with E-state index in [0.29, 0.717) is 5.75 Å². The van der Waals surface area contributed by atoms with Crippen LogP contribution in [0.1, 0.15) is 0 Å². The van der Waals surface area contributed by atoms with Crippen molar-refractivity contribution in [2.45, 2.75) is 0 Å². The van der Waals surface area contributed by atoms with Gasteiger partial charge in [0.25, 0.3) is 0 Å². The molecule has 60 valence electrons. The average molecular weight is 234 g/mol. The predicted octanol–water partition coefficient (Wildman–Crippen LogP) is 2.14. The minimum Gasteiger partial charge on any atom is -0.561 e. The van der Waals surface area contributed by atoms with Crippen molar-refractivity contribution in [3.05, 3.63) is 28.7 Å². The van der Waals surface area contributed by atoms with Crippen LogP contribution in [0.2, 0.25) is 0 Å². The minimum absolute atomic E-state index is 0.557. The van der Waals surface area contributed by atoms with E-state index in [0.717, 1.165) is 4.47 Å². The number of rotatable bonds is 2. The van der Waals surface area contributed by atoms with Crippen molar-refractivity contribution in [1.82, 2.24) is 0 Å². The van der Waals surface area contributed by atoms with Crippen LogP contribution in [-0.4, -0.2) is 5.87 Å². The van der Waals surface area contributed by atoms with Gasteiger partial charge in [-0.1, -0.05) is 15.9 Å². The Morgan fingerprint density at radius 3 is 2.36 bits per heavy atom. The molecule has 11 heavy (non-hydrogen) atoms. The van der Waals surface area contributed by atoms with E-state index in [1.165, 1.54) is 0 Å². The van der Waals surface area contributed by atoms with Gasteiger partial charge in [0.05, 0.1) is 5.75 Å². The highest BCUT2D eigenvalue weighted by molar-refractivity contribution is 9.10. The molecule has 0 aliphatic heterocycles. The number of halogens is 1.